The number of nitrogens with zero attached hydrogens (tertiary/aromatic N) is 2. The third-order valence-electron chi connectivity index (χ3n) is 2.78. The Morgan fingerprint density at radius 1 is 1.32 bits per heavy atom. The third kappa shape index (κ3) is 4.54. The first kappa shape index (κ1) is 13.3. The van der Waals surface area contributed by atoms with Crippen LogP contribution in [0.2, 0.25) is 0 Å². The van der Waals surface area contributed by atoms with E-state index in [9.17, 15) is 9.18 Å². The highest BCUT2D eigenvalue weighted by molar-refractivity contribution is 5.76. The lowest BCUT2D eigenvalue weighted by Gasteiger charge is -2.05. The number of hydrogen-bond acceptors (Lipinski definition) is 2. The number of nitrogens with one attached hydrogen (secondary N) is 1. The molecule has 2 rings (SSSR count). The van der Waals surface area contributed by atoms with Gasteiger partial charge in [-0.2, -0.15) is 5.10 Å². The van der Waals surface area contributed by atoms with Crippen LogP contribution in [-0.2, 0) is 17.8 Å². The minimum absolute atomic E-state index is 0.00326. The molecule has 0 bridgehead atoms. The Balaban J connectivity index is 1.65. The summed E-state index contributed by atoms with van der Waals surface area (Å²) >= 11 is 0. The molecule has 0 aliphatic rings. The van der Waals surface area contributed by atoms with Crippen LogP contribution < -0.4 is 5.32 Å². The summed E-state index contributed by atoms with van der Waals surface area (Å²) in [6.07, 6.45) is 4.58. The predicted molar refractivity (Wildman–Crippen MR) is 70.0 cm³/mol. The Morgan fingerprint density at radius 2 is 2.11 bits per heavy atom. The quantitative estimate of drug-likeness (QED) is 0.861. The van der Waals surface area contributed by atoms with Gasteiger partial charge in [-0.1, -0.05) is 12.1 Å². The van der Waals surface area contributed by atoms with Gasteiger partial charge in [0.25, 0.3) is 0 Å². The molecule has 1 N–H and O–H groups in total. The molecule has 0 fully saturated rings. The second-order valence-electron chi connectivity index (χ2n) is 4.25. The van der Waals surface area contributed by atoms with Crippen LogP contribution in [0.1, 0.15) is 12.0 Å². The van der Waals surface area contributed by atoms with Crippen molar-refractivity contribution >= 4 is 5.91 Å². The van der Waals surface area contributed by atoms with E-state index < -0.39 is 0 Å². The van der Waals surface area contributed by atoms with Crippen LogP contribution in [0.4, 0.5) is 4.39 Å². The van der Waals surface area contributed by atoms with Gasteiger partial charge in [0.15, 0.2) is 0 Å². The van der Waals surface area contributed by atoms with Crippen molar-refractivity contribution in [1.82, 2.24) is 15.1 Å². The van der Waals surface area contributed by atoms with Crippen molar-refractivity contribution < 1.29 is 9.18 Å². The molecular weight excluding hydrogens is 245 g/mol. The van der Waals surface area contributed by atoms with Crippen LogP contribution in [0.25, 0.3) is 0 Å². The molecule has 0 aliphatic carbocycles. The Bertz CT molecular complexity index is 508. The van der Waals surface area contributed by atoms with Crippen molar-refractivity contribution in [1.29, 1.82) is 0 Å². The molecule has 0 spiro atoms. The Labute approximate surface area is 111 Å². The fourth-order valence-electron chi connectivity index (χ4n) is 1.74. The molecule has 0 radical (unpaired) electrons. The second-order valence-corrected chi connectivity index (χ2v) is 4.25. The molecule has 0 atom stereocenters. The zero-order chi connectivity index (χ0) is 13.5. The maximum atomic E-state index is 12.7. The van der Waals surface area contributed by atoms with Crippen LogP contribution >= 0.6 is 0 Å². The molecule has 4 nitrogen and oxygen atoms in total. The van der Waals surface area contributed by atoms with Crippen molar-refractivity contribution in [3.8, 4) is 0 Å². The van der Waals surface area contributed by atoms with Crippen LogP contribution in [-0.4, -0.2) is 22.2 Å². The molecule has 0 unspecified atom stereocenters. The molecule has 100 valence electrons. The first-order valence-electron chi connectivity index (χ1n) is 6.22. The molecule has 1 amide bonds. The highest BCUT2D eigenvalue weighted by Gasteiger charge is 2.02. The van der Waals surface area contributed by atoms with Gasteiger partial charge in [-0.3, -0.25) is 9.48 Å². The van der Waals surface area contributed by atoms with Gasteiger partial charge in [0.1, 0.15) is 5.82 Å². The van der Waals surface area contributed by atoms with Crippen LogP contribution in [0.3, 0.4) is 0 Å². The number of aryl methyl sites for hydroxylation is 1. The van der Waals surface area contributed by atoms with Gasteiger partial charge in [-0.05, 0) is 30.2 Å². The predicted octanol–water partition coefficient (Wildman–Crippen LogP) is 1.77. The number of carbonyl (C=O) groups excluding carboxylic acids is 1. The van der Waals surface area contributed by atoms with E-state index in [1.807, 2.05) is 12.3 Å². The van der Waals surface area contributed by atoms with Gasteiger partial charge in [0.05, 0.1) is 6.54 Å². The smallest absolute Gasteiger partial charge is 0.220 e. The topological polar surface area (TPSA) is 46.9 Å². The van der Waals surface area contributed by atoms with E-state index in [-0.39, 0.29) is 11.7 Å². The number of benzene rings is 1. The van der Waals surface area contributed by atoms with Crippen molar-refractivity contribution in [3.63, 3.8) is 0 Å². The largest absolute Gasteiger partial charge is 0.354 e. The average molecular weight is 261 g/mol. The number of carbonyl (C=O) groups is 1. The average Bonchev–Trinajstić information content (AvgIpc) is 2.91. The first-order valence-corrected chi connectivity index (χ1v) is 6.22. The van der Waals surface area contributed by atoms with Crippen LogP contribution in [0.5, 0.6) is 0 Å². The first-order chi connectivity index (χ1) is 9.24. The lowest BCUT2D eigenvalue weighted by Crippen LogP contribution is -2.27. The van der Waals surface area contributed by atoms with E-state index in [4.69, 9.17) is 0 Å². The molecule has 5 heteroatoms. The summed E-state index contributed by atoms with van der Waals surface area (Å²) in [4.78, 5) is 11.6. The van der Waals surface area contributed by atoms with Crippen molar-refractivity contribution in [2.24, 2.45) is 0 Å². The Hall–Kier alpha value is -2.17. The molecule has 2 aromatic rings. The summed E-state index contributed by atoms with van der Waals surface area (Å²) in [5.41, 5.74) is 0.962. The summed E-state index contributed by atoms with van der Waals surface area (Å²) < 4.78 is 14.5. The number of rotatable bonds is 6. The monoisotopic (exact) mass is 261 g/mol. The van der Waals surface area contributed by atoms with Crippen molar-refractivity contribution in [2.75, 3.05) is 6.54 Å². The van der Waals surface area contributed by atoms with E-state index in [0.29, 0.717) is 25.9 Å². The Morgan fingerprint density at radius 3 is 2.79 bits per heavy atom. The summed E-state index contributed by atoms with van der Waals surface area (Å²) in [5.74, 6) is -0.260. The van der Waals surface area contributed by atoms with Gasteiger partial charge >= 0.3 is 0 Å². The maximum Gasteiger partial charge on any atom is 0.220 e. The van der Waals surface area contributed by atoms with E-state index >= 15 is 0 Å². The molecule has 19 heavy (non-hydrogen) atoms. The lowest BCUT2D eigenvalue weighted by atomic mass is 10.1. The SMILES string of the molecule is O=C(CCc1ccc(F)cc1)NCCn1cccn1. The number of hydrogen-bond donors (Lipinski definition) is 1. The third-order valence-corrected chi connectivity index (χ3v) is 2.78. The van der Waals surface area contributed by atoms with Crippen LogP contribution in [0.15, 0.2) is 42.7 Å². The van der Waals surface area contributed by atoms with Crippen molar-refractivity contribution in [3.05, 3.63) is 54.1 Å². The summed E-state index contributed by atoms with van der Waals surface area (Å²) in [6.45, 7) is 1.22. The summed E-state index contributed by atoms with van der Waals surface area (Å²) in [5, 5.41) is 6.87. The van der Waals surface area contributed by atoms with E-state index in [1.54, 1.807) is 23.0 Å². The molecule has 0 saturated heterocycles. The molecule has 0 aliphatic heterocycles. The number of halogens is 1. The summed E-state index contributed by atoms with van der Waals surface area (Å²) in [7, 11) is 0. The van der Waals surface area contributed by atoms with E-state index in [0.717, 1.165) is 5.56 Å². The Kier molecular flexibility index (Phi) is 4.66. The van der Waals surface area contributed by atoms with Crippen LogP contribution in [0, 0.1) is 5.82 Å². The normalized spacial score (nSPS) is 10.4. The highest BCUT2D eigenvalue weighted by atomic mass is 19.1. The fraction of sp³-hybridized carbons (Fsp3) is 0.286. The van der Waals surface area contributed by atoms with Gasteiger partial charge in [-0.15, -0.1) is 0 Å². The minimum atomic E-state index is -0.257. The fourth-order valence-corrected chi connectivity index (χ4v) is 1.74. The molecule has 1 aromatic heterocycles. The second kappa shape index (κ2) is 6.68. The zero-order valence-electron chi connectivity index (χ0n) is 10.6. The lowest BCUT2D eigenvalue weighted by molar-refractivity contribution is -0.121. The molecule has 1 heterocycles. The minimum Gasteiger partial charge on any atom is -0.354 e. The number of amides is 1. The molecular formula is C14H16FN3O. The van der Waals surface area contributed by atoms with E-state index in [2.05, 4.69) is 10.4 Å². The van der Waals surface area contributed by atoms with Gasteiger partial charge in [-0.25, -0.2) is 4.39 Å². The molecule has 0 saturated carbocycles. The van der Waals surface area contributed by atoms with Gasteiger partial charge in [0.2, 0.25) is 5.91 Å². The standard InChI is InChI=1S/C14H16FN3O/c15-13-5-2-12(3-6-13)4-7-14(19)16-9-11-18-10-1-8-17-18/h1-3,5-6,8,10H,4,7,9,11H2,(H,16,19). The summed E-state index contributed by atoms with van der Waals surface area (Å²) in [6, 6.07) is 8.06. The highest BCUT2D eigenvalue weighted by Crippen LogP contribution is 2.05. The van der Waals surface area contributed by atoms with Gasteiger partial charge < -0.3 is 5.32 Å². The van der Waals surface area contributed by atoms with E-state index in [1.165, 1.54) is 12.1 Å². The number of aromatic nitrogens is 2. The zero-order valence-corrected chi connectivity index (χ0v) is 10.6. The van der Waals surface area contributed by atoms with Crippen molar-refractivity contribution in [2.45, 2.75) is 19.4 Å². The molecule has 1 aromatic carbocycles. The maximum absolute atomic E-state index is 12.7. The van der Waals surface area contributed by atoms with Gasteiger partial charge in [0, 0.05) is 25.4 Å².